The van der Waals surface area contributed by atoms with Gasteiger partial charge in [0.25, 0.3) is 0 Å². The maximum absolute atomic E-state index is 13.7. The van der Waals surface area contributed by atoms with E-state index in [-0.39, 0.29) is 4.47 Å². The Balaban J connectivity index is 2.03. The standard InChI is InChI=1S/C15H15BrF2N2S/c1-2-19-10-4-3-5-11-14(10)21-15(20-11)8-6-7-9(17)13(18)12(8)16/h6-7,10,19H,2-5H2,1H3. The molecule has 0 spiro atoms. The van der Waals surface area contributed by atoms with Crippen molar-refractivity contribution in [3.8, 4) is 10.6 Å². The molecule has 1 heterocycles. The first kappa shape index (κ1) is 15.1. The lowest BCUT2D eigenvalue weighted by Gasteiger charge is -2.21. The van der Waals surface area contributed by atoms with E-state index in [1.165, 1.54) is 4.88 Å². The molecule has 0 bridgehead atoms. The first-order valence-electron chi connectivity index (χ1n) is 6.98. The lowest BCUT2D eigenvalue weighted by atomic mass is 9.98. The largest absolute Gasteiger partial charge is 0.309 e. The van der Waals surface area contributed by atoms with Crippen LogP contribution in [-0.4, -0.2) is 11.5 Å². The summed E-state index contributed by atoms with van der Waals surface area (Å²) in [6.45, 7) is 2.99. The Morgan fingerprint density at radius 3 is 3.00 bits per heavy atom. The third-order valence-electron chi connectivity index (χ3n) is 3.67. The Morgan fingerprint density at radius 1 is 1.43 bits per heavy atom. The second kappa shape index (κ2) is 6.10. The zero-order valence-corrected chi connectivity index (χ0v) is 14.0. The normalized spacial score (nSPS) is 17.8. The number of hydrogen-bond acceptors (Lipinski definition) is 3. The number of fused-ring (bicyclic) bond motifs is 1. The van der Waals surface area contributed by atoms with Crippen LogP contribution in [0.3, 0.4) is 0 Å². The predicted molar refractivity (Wildman–Crippen MR) is 84.5 cm³/mol. The maximum atomic E-state index is 13.7. The van der Waals surface area contributed by atoms with Gasteiger partial charge in [0.1, 0.15) is 5.01 Å². The van der Waals surface area contributed by atoms with Gasteiger partial charge in [-0.2, -0.15) is 0 Å². The molecule has 6 heteroatoms. The monoisotopic (exact) mass is 372 g/mol. The number of nitrogens with one attached hydrogen (secondary N) is 1. The average Bonchev–Trinajstić information content (AvgIpc) is 2.90. The van der Waals surface area contributed by atoms with Crippen LogP contribution in [0.2, 0.25) is 0 Å². The van der Waals surface area contributed by atoms with Gasteiger partial charge in [-0.05, 0) is 53.9 Å². The number of hydrogen-bond donors (Lipinski definition) is 1. The smallest absolute Gasteiger partial charge is 0.173 e. The summed E-state index contributed by atoms with van der Waals surface area (Å²) in [6, 6.07) is 3.06. The molecule has 0 aliphatic heterocycles. The fourth-order valence-electron chi connectivity index (χ4n) is 2.67. The third-order valence-corrected chi connectivity index (χ3v) is 5.69. The summed E-state index contributed by atoms with van der Waals surface area (Å²) in [7, 11) is 0. The fraction of sp³-hybridized carbons (Fsp3) is 0.400. The van der Waals surface area contributed by atoms with E-state index in [4.69, 9.17) is 0 Å². The number of nitrogens with zero attached hydrogens (tertiary/aromatic N) is 1. The van der Waals surface area contributed by atoms with Gasteiger partial charge in [0.15, 0.2) is 11.6 Å². The van der Waals surface area contributed by atoms with Crippen LogP contribution in [-0.2, 0) is 6.42 Å². The zero-order valence-electron chi connectivity index (χ0n) is 11.5. The highest BCUT2D eigenvalue weighted by atomic mass is 79.9. The van der Waals surface area contributed by atoms with Gasteiger partial charge in [0, 0.05) is 16.5 Å². The van der Waals surface area contributed by atoms with Crippen LogP contribution in [0.4, 0.5) is 8.78 Å². The average molecular weight is 373 g/mol. The van der Waals surface area contributed by atoms with E-state index in [1.54, 1.807) is 17.4 Å². The van der Waals surface area contributed by atoms with Crippen molar-refractivity contribution in [2.24, 2.45) is 0 Å². The van der Waals surface area contributed by atoms with Gasteiger partial charge in [0.2, 0.25) is 0 Å². The molecule has 3 rings (SSSR count). The van der Waals surface area contributed by atoms with Crippen molar-refractivity contribution >= 4 is 27.3 Å². The van der Waals surface area contributed by atoms with Crippen molar-refractivity contribution < 1.29 is 8.78 Å². The molecule has 0 amide bonds. The van der Waals surface area contributed by atoms with Crippen LogP contribution in [0.1, 0.15) is 36.4 Å². The Hall–Kier alpha value is -0.850. The van der Waals surface area contributed by atoms with Crippen molar-refractivity contribution in [2.75, 3.05) is 6.54 Å². The summed E-state index contributed by atoms with van der Waals surface area (Å²) in [5.74, 6) is -1.71. The van der Waals surface area contributed by atoms with Crippen LogP contribution in [0.15, 0.2) is 16.6 Å². The Labute approximate surface area is 134 Å². The number of benzene rings is 1. The molecule has 0 saturated heterocycles. The van der Waals surface area contributed by atoms with Gasteiger partial charge in [-0.15, -0.1) is 11.3 Å². The summed E-state index contributed by atoms with van der Waals surface area (Å²) < 4.78 is 27.1. The molecule has 0 radical (unpaired) electrons. The molecule has 1 atom stereocenters. The van der Waals surface area contributed by atoms with Gasteiger partial charge in [-0.25, -0.2) is 13.8 Å². The van der Waals surface area contributed by atoms with Crippen LogP contribution in [0.5, 0.6) is 0 Å². The molecule has 2 nitrogen and oxygen atoms in total. The number of aromatic nitrogens is 1. The van der Waals surface area contributed by atoms with Gasteiger partial charge in [-0.3, -0.25) is 0 Å². The van der Waals surface area contributed by atoms with Crippen molar-refractivity contribution in [3.63, 3.8) is 0 Å². The van der Waals surface area contributed by atoms with E-state index in [9.17, 15) is 8.78 Å². The minimum absolute atomic E-state index is 0.147. The van der Waals surface area contributed by atoms with E-state index in [2.05, 4.69) is 33.2 Å². The Morgan fingerprint density at radius 2 is 2.24 bits per heavy atom. The molecule has 0 saturated carbocycles. The number of thiazole rings is 1. The number of rotatable bonds is 3. The number of aryl methyl sites for hydroxylation is 1. The molecule has 1 aliphatic rings. The van der Waals surface area contributed by atoms with E-state index in [0.29, 0.717) is 11.6 Å². The van der Waals surface area contributed by atoms with Gasteiger partial charge in [-0.1, -0.05) is 6.92 Å². The second-order valence-corrected chi connectivity index (χ2v) is 6.88. The lowest BCUT2D eigenvalue weighted by molar-refractivity contribution is 0.476. The SMILES string of the molecule is CCNC1CCCc2nc(-c3ccc(F)c(F)c3Br)sc21. The highest BCUT2D eigenvalue weighted by Crippen LogP contribution is 2.40. The van der Waals surface area contributed by atoms with Crippen LogP contribution >= 0.6 is 27.3 Å². The summed E-state index contributed by atoms with van der Waals surface area (Å²) >= 11 is 4.72. The fourth-order valence-corrected chi connectivity index (χ4v) is 4.56. The lowest BCUT2D eigenvalue weighted by Crippen LogP contribution is -2.23. The highest BCUT2D eigenvalue weighted by molar-refractivity contribution is 9.10. The first-order chi connectivity index (χ1) is 10.1. The van der Waals surface area contributed by atoms with Crippen molar-refractivity contribution in [2.45, 2.75) is 32.2 Å². The summed E-state index contributed by atoms with van der Waals surface area (Å²) in [5, 5.41) is 4.21. The highest BCUT2D eigenvalue weighted by Gasteiger charge is 2.25. The zero-order chi connectivity index (χ0) is 15.0. The maximum Gasteiger partial charge on any atom is 0.173 e. The molecule has 1 aromatic heterocycles. The molecule has 21 heavy (non-hydrogen) atoms. The quantitative estimate of drug-likeness (QED) is 0.779. The van der Waals surface area contributed by atoms with E-state index < -0.39 is 11.6 Å². The minimum Gasteiger partial charge on any atom is -0.309 e. The van der Waals surface area contributed by atoms with E-state index >= 15 is 0 Å². The number of halogens is 3. The van der Waals surface area contributed by atoms with Crippen LogP contribution in [0, 0.1) is 11.6 Å². The molecular formula is C15H15BrF2N2S. The molecule has 1 aliphatic carbocycles. The predicted octanol–water partition coefficient (Wildman–Crippen LogP) is 4.84. The Bertz CT molecular complexity index is 672. The van der Waals surface area contributed by atoms with Crippen LogP contribution in [0.25, 0.3) is 10.6 Å². The molecule has 1 aromatic carbocycles. The minimum atomic E-state index is -0.857. The molecule has 112 valence electrons. The molecule has 1 unspecified atom stereocenters. The van der Waals surface area contributed by atoms with Crippen LogP contribution < -0.4 is 5.32 Å². The van der Waals surface area contributed by atoms with Crippen molar-refractivity contribution in [1.82, 2.24) is 10.3 Å². The Kier molecular flexibility index (Phi) is 4.38. The molecule has 0 fully saturated rings. The van der Waals surface area contributed by atoms with E-state index in [0.717, 1.165) is 42.6 Å². The summed E-state index contributed by atoms with van der Waals surface area (Å²) in [5.41, 5.74) is 1.70. The molecule has 2 aromatic rings. The van der Waals surface area contributed by atoms with Gasteiger partial charge < -0.3 is 5.32 Å². The van der Waals surface area contributed by atoms with Crippen molar-refractivity contribution in [3.05, 3.63) is 38.8 Å². The molecule has 1 N–H and O–H groups in total. The summed E-state index contributed by atoms with van der Waals surface area (Å²) in [4.78, 5) is 5.88. The van der Waals surface area contributed by atoms with E-state index in [1.807, 2.05) is 0 Å². The third kappa shape index (κ3) is 2.76. The molecular weight excluding hydrogens is 358 g/mol. The van der Waals surface area contributed by atoms with Gasteiger partial charge >= 0.3 is 0 Å². The second-order valence-electron chi connectivity index (χ2n) is 5.06. The van der Waals surface area contributed by atoms with Gasteiger partial charge in [0.05, 0.1) is 10.2 Å². The van der Waals surface area contributed by atoms with Crippen molar-refractivity contribution in [1.29, 1.82) is 0 Å². The summed E-state index contributed by atoms with van der Waals surface area (Å²) in [6.07, 6.45) is 3.16. The topological polar surface area (TPSA) is 24.9 Å². The first-order valence-corrected chi connectivity index (χ1v) is 8.59.